The third-order valence-electron chi connectivity index (χ3n) is 5.29. The number of ether oxygens (including phenoxy) is 2. The molecule has 146 valence electrons. The van der Waals surface area contributed by atoms with Crippen LogP contribution in [0.5, 0.6) is 11.5 Å². The summed E-state index contributed by atoms with van der Waals surface area (Å²) in [5, 5.41) is 8.29. The fourth-order valence-electron chi connectivity index (χ4n) is 3.86. The first-order valence-corrected chi connectivity index (χ1v) is 10.2. The second-order valence-corrected chi connectivity index (χ2v) is 7.47. The molecule has 0 radical (unpaired) electrons. The molecule has 6 heteroatoms. The molecule has 2 aliphatic rings. The van der Waals surface area contributed by atoms with Crippen LogP contribution in [0, 0.1) is 0 Å². The topological polar surface area (TPSA) is 51.6 Å². The van der Waals surface area contributed by atoms with Crippen LogP contribution in [0.1, 0.15) is 31.2 Å². The lowest BCUT2D eigenvalue weighted by Crippen LogP contribution is -2.35. The highest BCUT2D eigenvalue weighted by molar-refractivity contribution is 5.66. The average molecular weight is 370 g/mol. The minimum absolute atomic E-state index is 0.698. The summed E-state index contributed by atoms with van der Waals surface area (Å²) < 4.78 is 13.5. The van der Waals surface area contributed by atoms with E-state index in [9.17, 15) is 0 Å². The molecule has 3 heterocycles. The molecule has 1 N–H and O–H groups in total. The summed E-state index contributed by atoms with van der Waals surface area (Å²) in [5.41, 5.74) is 3.30. The van der Waals surface area contributed by atoms with Crippen LogP contribution in [0.25, 0.3) is 11.3 Å². The Labute approximate surface area is 161 Å². The Bertz CT molecular complexity index is 753. The zero-order valence-electron chi connectivity index (χ0n) is 16.2. The highest BCUT2D eigenvalue weighted by Gasteiger charge is 2.16. The van der Waals surface area contributed by atoms with Gasteiger partial charge in [0, 0.05) is 50.4 Å². The van der Waals surface area contributed by atoms with Gasteiger partial charge in [0.05, 0.1) is 18.9 Å². The van der Waals surface area contributed by atoms with E-state index in [1.165, 1.54) is 37.9 Å². The van der Waals surface area contributed by atoms with Crippen molar-refractivity contribution in [2.75, 3.05) is 39.4 Å². The largest absolute Gasteiger partial charge is 0.490 e. The van der Waals surface area contributed by atoms with Gasteiger partial charge in [0.15, 0.2) is 11.5 Å². The Balaban J connectivity index is 1.41. The molecular formula is C21H30N4O2. The van der Waals surface area contributed by atoms with Crippen molar-refractivity contribution in [2.45, 2.75) is 32.2 Å². The minimum Gasteiger partial charge on any atom is -0.490 e. The summed E-state index contributed by atoms with van der Waals surface area (Å²) in [6.07, 6.45) is 7.10. The van der Waals surface area contributed by atoms with E-state index in [-0.39, 0.29) is 0 Å². The maximum Gasteiger partial charge on any atom is 0.161 e. The van der Waals surface area contributed by atoms with Crippen LogP contribution < -0.4 is 14.8 Å². The molecule has 0 bridgehead atoms. The monoisotopic (exact) mass is 370 g/mol. The van der Waals surface area contributed by atoms with Gasteiger partial charge in [-0.1, -0.05) is 6.42 Å². The Morgan fingerprint density at radius 2 is 1.85 bits per heavy atom. The van der Waals surface area contributed by atoms with Crippen molar-refractivity contribution >= 4 is 0 Å². The lowest BCUT2D eigenvalue weighted by molar-refractivity contribution is 0.229. The van der Waals surface area contributed by atoms with Crippen LogP contribution in [-0.4, -0.2) is 54.1 Å². The smallest absolute Gasteiger partial charge is 0.161 e. The van der Waals surface area contributed by atoms with Crippen molar-refractivity contribution < 1.29 is 9.47 Å². The Morgan fingerprint density at radius 3 is 2.70 bits per heavy atom. The van der Waals surface area contributed by atoms with E-state index < -0.39 is 0 Å². The number of nitrogens with zero attached hydrogens (tertiary/aromatic N) is 3. The number of benzene rings is 1. The maximum absolute atomic E-state index is 5.84. The normalized spacial score (nSPS) is 17.7. The molecule has 2 aliphatic heterocycles. The molecule has 0 amide bonds. The molecule has 1 fully saturated rings. The van der Waals surface area contributed by atoms with Gasteiger partial charge in [-0.25, -0.2) is 0 Å². The zero-order chi connectivity index (χ0) is 18.5. The van der Waals surface area contributed by atoms with E-state index in [0.29, 0.717) is 13.2 Å². The number of aryl methyl sites for hydroxylation is 1. The SMILES string of the molecule is Cn1cc(CNCCN2CCCCC2)c(-c2ccc3c(c2)OCCCO3)n1. The van der Waals surface area contributed by atoms with Crippen LogP contribution >= 0.6 is 0 Å². The molecular weight excluding hydrogens is 340 g/mol. The van der Waals surface area contributed by atoms with Crippen molar-refractivity contribution in [1.29, 1.82) is 0 Å². The minimum atomic E-state index is 0.698. The summed E-state index contributed by atoms with van der Waals surface area (Å²) in [5.74, 6) is 1.65. The fourth-order valence-corrected chi connectivity index (χ4v) is 3.86. The summed E-state index contributed by atoms with van der Waals surface area (Å²) in [4.78, 5) is 2.56. The van der Waals surface area contributed by atoms with Crippen molar-refractivity contribution in [1.82, 2.24) is 20.0 Å². The molecule has 1 saturated heterocycles. The van der Waals surface area contributed by atoms with Gasteiger partial charge in [0.1, 0.15) is 0 Å². The van der Waals surface area contributed by atoms with Crippen molar-refractivity contribution in [3.05, 3.63) is 30.0 Å². The number of rotatable bonds is 6. The molecule has 0 atom stereocenters. The third-order valence-corrected chi connectivity index (χ3v) is 5.29. The van der Waals surface area contributed by atoms with Gasteiger partial charge >= 0.3 is 0 Å². The van der Waals surface area contributed by atoms with Crippen LogP contribution in [0.3, 0.4) is 0 Å². The Kier molecular flexibility index (Phi) is 5.94. The number of aromatic nitrogens is 2. The van der Waals surface area contributed by atoms with Gasteiger partial charge in [-0.05, 0) is 44.1 Å². The lowest BCUT2D eigenvalue weighted by Gasteiger charge is -2.26. The van der Waals surface area contributed by atoms with Gasteiger partial charge < -0.3 is 19.7 Å². The van der Waals surface area contributed by atoms with Crippen LogP contribution in [0.15, 0.2) is 24.4 Å². The first-order chi connectivity index (χ1) is 13.3. The van der Waals surface area contributed by atoms with Gasteiger partial charge in [-0.3, -0.25) is 4.68 Å². The molecule has 1 aromatic carbocycles. The molecule has 4 rings (SSSR count). The number of hydrogen-bond donors (Lipinski definition) is 1. The number of piperidine rings is 1. The Hall–Kier alpha value is -2.05. The molecule has 0 unspecified atom stereocenters. The lowest BCUT2D eigenvalue weighted by atomic mass is 10.1. The van der Waals surface area contributed by atoms with E-state index in [0.717, 1.165) is 48.8 Å². The third kappa shape index (κ3) is 4.62. The summed E-state index contributed by atoms with van der Waals surface area (Å²) in [7, 11) is 1.98. The molecule has 0 aliphatic carbocycles. The summed E-state index contributed by atoms with van der Waals surface area (Å²) >= 11 is 0. The first-order valence-electron chi connectivity index (χ1n) is 10.2. The van der Waals surface area contributed by atoms with Crippen molar-refractivity contribution in [3.8, 4) is 22.8 Å². The molecule has 0 spiro atoms. The highest BCUT2D eigenvalue weighted by atomic mass is 16.5. The van der Waals surface area contributed by atoms with Gasteiger partial charge in [0.2, 0.25) is 0 Å². The van der Waals surface area contributed by atoms with E-state index in [4.69, 9.17) is 14.6 Å². The van der Waals surface area contributed by atoms with Gasteiger partial charge in [-0.2, -0.15) is 5.10 Å². The van der Waals surface area contributed by atoms with Crippen LogP contribution in [0.2, 0.25) is 0 Å². The van der Waals surface area contributed by atoms with E-state index in [1.54, 1.807) is 0 Å². The highest BCUT2D eigenvalue weighted by Crippen LogP contribution is 2.34. The number of nitrogens with one attached hydrogen (secondary N) is 1. The number of hydrogen-bond acceptors (Lipinski definition) is 5. The molecule has 6 nitrogen and oxygen atoms in total. The number of likely N-dealkylation sites (tertiary alicyclic amines) is 1. The summed E-state index contributed by atoms with van der Waals surface area (Å²) in [6.45, 7) is 6.86. The number of fused-ring (bicyclic) bond motifs is 1. The maximum atomic E-state index is 5.84. The molecule has 2 aromatic rings. The zero-order valence-corrected chi connectivity index (χ0v) is 16.2. The van der Waals surface area contributed by atoms with Gasteiger partial charge in [-0.15, -0.1) is 0 Å². The second-order valence-electron chi connectivity index (χ2n) is 7.47. The molecule has 1 aromatic heterocycles. The van der Waals surface area contributed by atoms with Crippen molar-refractivity contribution in [3.63, 3.8) is 0 Å². The van der Waals surface area contributed by atoms with Gasteiger partial charge in [0.25, 0.3) is 0 Å². The quantitative estimate of drug-likeness (QED) is 0.793. The standard InChI is InChI=1S/C21H30N4O2/c1-24-16-18(15-22-8-11-25-9-3-2-4-10-25)21(23-24)17-6-7-19-20(14-17)27-13-5-12-26-19/h6-7,14,16,22H,2-5,8-13,15H2,1H3. The van der Waals surface area contributed by atoms with E-state index in [1.807, 2.05) is 17.8 Å². The molecule has 27 heavy (non-hydrogen) atoms. The van der Waals surface area contributed by atoms with Crippen LogP contribution in [-0.2, 0) is 13.6 Å². The molecule has 0 saturated carbocycles. The van der Waals surface area contributed by atoms with Crippen LogP contribution in [0.4, 0.5) is 0 Å². The summed E-state index contributed by atoms with van der Waals surface area (Å²) in [6, 6.07) is 6.13. The van der Waals surface area contributed by atoms with Crippen molar-refractivity contribution in [2.24, 2.45) is 7.05 Å². The Morgan fingerprint density at radius 1 is 1.04 bits per heavy atom. The predicted molar refractivity (Wildman–Crippen MR) is 106 cm³/mol. The average Bonchev–Trinajstić information content (AvgIpc) is 2.91. The fraction of sp³-hybridized carbons (Fsp3) is 0.571. The second kappa shape index (κ2) is 8.76. The van der Waals surface area contributed by atoms with E-state index in [2.05, 4.69) is 28.5 Å². The first kappa shape index (κ1) is 18.3. The van der Waals surface area contributed by atoms with E-state index >= 15 is 0 Å². The predicted octanol–water partition coefficient (Wildman–Crippen LogP) is 2.82.